The topological polar surface area (TPSA) is 63.6 Å². The molecule has 0 saturated heterocycles. The van der Waals surface area contributed by atoms with Crippen LogP contribution in [0.2, 0.25) is 0 Å². The maximum atomic E-state index is 11.5. The first kappa shape index (κ1) is 12.2. The molecule has 0 amide bonds. The Labute approximate surface area is 93.9 Å². The van der Waals surface area contributed by atoms with Crippen molar-refractivity contribution in [2.24, 2.45) is 0 Å². The molecule has 0 aliphatic carbocycles. The van der Waals surface area contributed by atoms with E-state index in [1.165, 1.54) is 0 Å². The minimum atomic E-state index is -1.12. The highest BCUT2D eigenvalue weighted by molar-refractivity contribution is 5.91. The van der Waals surface area contributed by atoms with E-state index in [2.05, 4.69) is 0 Å². The van der Waals surface area contributed by atoms with E-state index < -0.39 is 18.0 Å². The third-order valence-corrected chi connectivity index (χ3v) is 2.18. The summed E-state index contributed by atoms with van der Waals surface area (Å²) in [5.74, 6) is -1.72. The van der Waals surface area contributed by atoms with E-state index in [9.17, 15) is 9.59 Å². The lowest BCUT2D eigenvalue weighted by Crippen LogP contribution is -2.26. The zero-order valence-electron chi connectivity index (χ0n) is 9.27. The van der Waals surface area contributed by atoms with Gasteiger partial charge in [0.15, 0.2) is 6.10 Å². The molecule has 0 saturated carbocycles. The lowest BCUT2D eigenvalue weighted by Gasteiger charge is -2.11. The number of benzene rings is 1. The van der Waals surface area contributed by atoms with Crippen LogP contribution >= 0.6 is 0 Å². The number of hydrogen-bond donors (Lipinski definition) is 1. The Morgan fingerprint density at radius 3 is 2.31 bits per heavy atom. The van der Waals surface area contributed by atoms with Gasteiger partial charge in [0.05, 0.1) is 5.56 Å². The van der Waals surface area contributed by atoms with E-state index in [1.807, 2.05) is 6.92 Å². The number of carbonyl (C=O) groups excluding carboxylic acids is 1. The first-order valence-electron chi connectivity index (χ1n) is 5.05. The summed E-state index contributed by atoms with van der Waals surface area (Å²) in [7, 11) is 0. The molecule has 0 heterocycles. The molecule has 0 fully saturated rings. The van der Waals surface area contributed by atoms with Crippen LogP contribution in [0.5, 0.6) is 0 Å². The molecule has 0 spiro atoms. The van der Waals surface area contributed by atoms with Crippen LogP contribution in [-0.4, -0.2) is 23.1 Å². The SMILES string of the molecule is CCC(OC(=O)c1ccc(C)cc1)C(=O)O. The molecular weight excluding hydrogens is 208 g/mol. The third-order valence-electron chi connectivity index (χ3n) is 2.18. The summed E-state index contributed by atoms with van der Waals surface area (Å²) in [5.41, 5.74) is 1.40. The van der Waals surface area contributed by atoms with Gasteiger partial charge >= 0.3 is 11.9 Å². The van der Waals surface area contributed by atoms with Crippen LogP contribution < -0.4 is 0 Å². The van der Waals surface area contributed by atoms with E-state index in [0.29, 0.717) is 5.56 Å². The van der Waals surface area contributed by atoms with Gasteiger partial charge in [-0.2, -0.15) is 0 Å². The van der Waals surface area contributed by atoms with Gasteiger partial charge in [-0.25, -0.2) is 9.59 Å². The highest BCUT2D eigenvalue weighted by Gasteiger charge is 2.20. The summed E-state index contributed by atoms with van der Waals surface area (Å²) < 4.78 is 4.85. The molecule has 16 heavy (non-hydrogen) atoms. The summed E-state index contributed by atoms with van der Waals surface area (Å²) >= 11 is 0. The largest absolute Gasteiger partial charge is 0.479 e. The van der Waals surface area contributed by atoms with Gasteiger partial charge < -0.3 is 9.84 Å². The van der Waals surface area contributed by atoms with Gasteiger partial charge in [-0.1, -0.05) is 24.6 Å². The predicted octanol–water partition coefficient (Wildman–Crippen LogP) is 2.02. The summed E-state index contributed by atoms with van der Waals surface area (Å²) in [4.78, 5) is 22.2. The van der Waals surface area contributed by atoms with Crippen LogP contribution in [0.4, 0.5) is 0 Å². The smallest absolute Gasteiger partial charge is 0.345 e. The maximum Gasteiger partial charge on any atom is 0.345 e. The normalized spacial score (nSPS) is 11.9. The minimum absolute atomic E-state index is 0.257. The van der Waals surface area contributed by atoms with Crippen LogP contribution in [-0.2, 0) is 9.53 Å². The number of rotatable bonds is 4. The lowest BCUT2D eigenvalue weighted by molar-refractivity contribution is -0.147. The molecule has 86 valence electrons. The first-order chi connectivity index (χ1) is 7.54. The molecule has 0 aliphatic heterocycles. The molecule has 1 unspecified atom stereocenters. The van der Waals surface area contributed by atoms with Gasteiger partial charge in [-0.05, 0) is 25.5 Å². The van der Waals surface area contributed by atoms with E-state index >= 15 is 0 Å². The molecule has 0 aliphatic rings. The highest BCUT2D eigenvalue weighted by Crippen LogP contribution is 2.08. The second kappa shape index (κ2) is 5.30. The van der Waals surface area contributed by atoms with Gasteiger partial charge in [-0.15, -0.1) is 0 Å². The van der Waals surface area contributed by atoms with Crippen molar-refractivity contribution in [1.29, 1.82) is 0 Å². The summed E-state index contributed by atoms with van der Waals surface area (Å²) in [5, 5.41) is 8.74. The molecule has 4 heteroatoms. The Balaban J connectivity index is 2.71. The van der Waals surface area contributed by atoms with Crippen LogP contribution in [0.15, 0.2) is 24.3 Å². The van der Waals surface area contributed by atoms with Crippen molar-refractivity contribution in [3.63, 3.8) is 0 Å². The first-order valence-corrected chi connectivity index (χ1v) is 5.05. The third kappa shape index (κ3) is 3.08. The highest BCUT2D eigenvalue weighted by atomic mass is 16.6. The standard InChI is InChI=1S/C12H14O4/c1-3-10(11(13)14)16-12(15)9-6-4-8(2)5-7-9/h4-7,10H,3H2,1-2H3,(H,13,14). The summed E-state index contributed by atoms with van der Waals surface area (Å²) in [6.45, 7) is 3.56. The predicted molar refractivity (Wildman–Crippen MR) is 58.3 cm³/mol. The maximum absolute atomic E-state index is 11.5. The molecule has 1 aromatic carbocycles. The van der Waals surface area contributed by atoms with Crippen molar-refractivity contribution in [2.45, 2.75) is 26.4 Å². The van der Waals surface area contributed by atoms with Crippen molar-refractivity contribution < 1.29 is 19.4 Å². The van der Waals surface area contributed by atoms with Crippen molar-refractivity contribution in [3.05, 3.63) is 35.4 Å². The fraction of sp³-hybridized carbons (Fsp3) is 0.333. The fourth-order valence-corrected chi connectivity index (χ4v) is 1.20. The number of aliphatic carboxylic acids is 1. The summed E-state index contributed by atoms with van der Waals surface area (Å²) in [6, 6.07) is 6.79. The van der Waals surface area contributed by atoms with Crippen LogP contribution in [0.3, 0.4) is 0 Å². The molecule has 4 nitrogen and oxygen atoms in total. The van der Waals surface area contributed by atoms with Crippen molar-refractivity contribution in [2.75, 3.05) is 0 Å². The van der Waals surface area contributed by atoms with Crippen molar-refractivity contribution in [1.82, 2.24) is 0 Å². The van der Waals surface area contributed by atoms with Gasteiger partial charge in [-0.3, -0.25) is 0 Å². The quantitative estimate of drug-likeness (QED) is 0.791. The Morgan fingerprint density at radius 1 is 1.31 bits per heavy atom. The molecule has 1 N–H and O–H groups in total. The van der Waals surface area contributed by atoms with Crippen LogP contribution in [0, 0.1) is 6.92 Å². The number of carboxylic acids is 1. The monoisotopic (exact) mass is 222 g/mol. The van der Waals surface area contributed by atoms with E-state index in [0.717, 1.165) is 5.56 Å². The molecule has 0 bridgehead atoms. The van der Waals surface area contributed by atoms with Gasteiger partial charge in [0, 0.05) is 0 Å². The number of carbonyl (C=O) groups is 2. The van der Waals surface area contributed by atoms with E-state index in [-0.39, 0.29) is 6.42 Å². The molecule has 1 atom stereocenters. The van der Waals surface area contributed by atoms with Gasteiger partial charge in [0.25, 0.3) is 0 Å². The summed E-state index contributed by atoms with van der Waals surface area (Å²) in [6.07, 6.45) is -0.818. The van der Waals surface area contributed by atoms with Crippen LogP contribution in [0.25, 0.3) is 0 Å². The van der Waals surface area contributed by atoms with E-state index in [1.54, 1.807) is 31.2 Å². The second-order valence-electron chi connectivity index (χ2n) is 3.51. The number of esters is 1. The minimum Gasteiger partial charge on any atom is -0.479 e. The molecule has 1 rings (SSSR count). The second-order valence-corrected chi connectivity index (χ2v) is 3.51. The Hall–Kier alpha value is -1.84. The zero-order valence-corrected chi connectivity index (χ0v) is 9.27. The van der Waals surface area contributed by atoms with Crippen molar-refractivity contribution >= 4 is 11.9 Å². The Kier molecular flexibility index (Phi) is 4.05. The molecule has 0 radical (unpaired) electrons. The van der Waals surface area contributed by atoms with Crippen molar-refractivity contribution in [3.8, 4) is 0 Å². The van der Waals surface area contributed by atoms with Gasteiger partial charge in [0.1, 0.15) is 0 Å². The molecule has 0 aromatic heterocycles. The molecular formula is C12H14O4. The Morgan fingerprint density at radius 2 is 1.88 bits per heavy atom. The number of ether oxygens (including phenoxy) is 1. The Bertz CT molecular complexity index is 381. The van der Waals surface area contributed by atoms with Crippen LogP contribution in [0.1, 0.15) is 29.3 Å². The average molecular weight is 222 g/mol. The van der Waals surface area contributed by atoms with E-state index in [4.69, 9.17) is 9.84 Å². The lowest BCUT2D eigenvalue weighted by atomic mass is 10.1. The number of carboxylic acid groups (broad SMARTS) is 1. The molecule has 1 aromatic rings. The van der Waals surface area contributed by atoms with Gasteiger partial charge in [0.2, 0.25) is 0 Å². The average Bonchev–Trinajstić information content (AvgIpc) is 2.26. The number of aryl methyl sites for hydroxylation is 1. The zero-order chi connectivity index (χ0) is 12.1. The fourth-order valence-electron chi connectivity index (χ4n) is 1.20. The number of hydrogen-bond acceptors (Lipinski definition) is 3.